The van der Waals surface area contributed by atoms with Crippen molar-refractivity contribution in [3.8, 4) is 0 Å². The minimum atomic E-state index is -4.06. The summed E-state index contributed by atoms with van der Waals surface area (Å²) in [5, 5.41) is 2.87. The second-order valence-electron chi connectivity index (χ2n) is 4.74. The smallest absolute Gasteiger partial charge is 0.372 e. The molecule has 1 aromatic heterocycles. The summed E-state index contributed by atoms with van der Waals surface area (Å²) in [6.45, 7) is 1.47. The van der Waals surface area contributed by atoms with Gasteiger partial charge in [0.15, 0.2) is 0 Å². The fraction of sp³-hybridized carbons (Fsp3) is 0.667. The number of aromatic nitrogens is 2. The van der Waals surface area contributed by atoms with Crippen molar-refractivity contribution < 1.29 is 13.2 Å². The maximum atomic E-state index is 12.5. The lowest BCUT2D eigenvalue weighted by Crippen LogP contribution is -2.38. The Hall–Kier alpha value is -1.37. The molecule has 1 saturated heterocycles. The van der Waals surface area contributed by atoms with Gasteiger partial charge in [0, 0.05) is 13.6 Å². The summed E-state index contributed by atoms with van der Waals surface area (Å²) in [6.07, 6.45) is -0.434. The zero-order valence-electron chi connectivity index (χ0n) is 10.7. The molecular formula is C12H17F3N4. The zero-order chi connectivity index (χ0) is 13.9. The minimum absolute atomic E-state index is 0.172. The topological polar surface area (TPSA) is 41.1 Å². The van der Waals surface area contributed by atoms with Gasteiger partial charge in [0.2, 0.25) is 0 Å². The lowest BCUT2D eigenvalue weighted by Gasteiger charge is -2.32. The number of hydrogen-bond acceptors (Lipinski definition) is 4. The zero-order valence-corrected chi connectivity index (χ0v) is 10.7. The molecule has 106 valence electrons. The number of anilines is 1. The van der Waals surface area contributed by atoms with Crippen LogP contribution in [0.1, 0.15) is 18.5 Å². The number of likely N-dealkylation sites (tertiary alicyclic amines) is 1. The fourth-order valence-corrected chi connectivity index (χ4v) is 2.21. The van der Waals surface area contributed by atoms with Crippen LogP contribution in [-0.4, -0.2) is 41.2 Å². The second-order valence-corrected chi connectivity index (χ2v) is 4.74. The number of rotatable bonds is 3. The summed E-state index contributed by atoms with van der Waals surface area (Å²) in [5.41, 5.74) is 0.782. The third kappa shape index (κ3) is 3.79. The van der Waals surface area contributed by atoms with E-state index >= 15 is 0 Å². The van der Waals surface area contributed by atoms with Crippen molar-refractivity contribution >= 4 is 5.82 Å². The van der Waals surface area contributed by atoms with Crippen LogP contribution in [0.5, 0.6) is 0 Å². The van der Waals surface area contributed by atoms with Gasteiger partial charge in [-0.2, -0.15) is 13.2 Å². The van der Waals surface area contributed by atoms with Crippen molar-refractivity contribution in [2.45, 2.75) is 25.6 Å². The van der Waals surface area contributed by atoms with E-state index < -0.39 is 12.1 Å². The van der Waals surface area contributed by atoms with Crippen molar-refractivity contribution in [1.29, 1.82) is 0 Å². The van der Waals surface area contributed by atoms with E-state index in [4.69, 9.17) is 0 Å². The summed E-state index contributed by atoms with van der Waals surface area (Å²) in [7, 11) is 1.76. The number of nitrogens with one attached hydrogen (secondary N) is 1. The van der Waals surface area contributed by atoms with E-state index in [0.717, 1.165) is 5.69 Å². The van der Waals surface area contributed by atoms with E-state index in [1.807, 2.05) is 4.90 Å². The normalized spacial score (nSPS) is 18.5. The van der Waals surface area contributed by atoms with Crippen LogP contribution >= 0.6 is 0 Å². The van der Waals surface area contributed by atoms with E-state index in [0.29, 0.717) is 25.5 Å². The third-order valence-corrected chi connectivity index (χ3v) is 3.40. The average molecular weight is 274 g/mol. The second kappa shape index (κ2) is 5.73. The van der Waals surface area contributed by atoms with Gasteiger partial charge in [-0.15, -0.1) is 0 Å². The molecule has 0 unspecified atom stereocenters. The van der Waals surface area contributed by atoms with E-state index in [9.17, 15) is 13.2 Å². The molecule has 1 N–H and O–H groups in total. The van der Waals surface area contributed by atoms with Crippen LogP contribution in [0, 0.1) is 5.92 Å². The summed E-state index contributed by atoms with van der Waals surface area (Å²) in [4.78, 5) is 10.4. The first-order valence-corrected chi connectivity index (χ1v) is 6.27. The van der Waals surface area contributed by atoms with Crippen molar-refractivity contribution in [3.63, 3.8) is 0 Å². The van der Waals surface area contributed by atoms with Crippen molar-refractivity contribution in [1.82, 2.24) is 14.9 Å². The molecule has 0 radical (unpaired) electrons. The van der Waals surface area contributed by atoms with E-state index in [-0.39, 0.29) is 12.8 Å². The van der Waals surface area contributed by atoms with Gasteiger partial charge in [-0.25, -0.2) is 4.98 Å². The van der Waals surface area contributed by atoms with Gasteiger partial charge < -0.3 is 5.32 Å². The van der Waals surface area contributed by atoms with Gasteiger partial charge in [0.05, 0.1) is 24.0 Å². The first kappa shape index (κ1) is 14.0. The lowest BCUT2D eigenvalue weighted by atomic mass is 9.96. The van der Waals surface area contributed by atoms with Crippen LogP contribution in [-0.2, 0) is 6.54 Å². The number of alkyl halides is 3. The predicted octanol–water partition coefficient (Wildman–Crippen LogP) is 2.29. The lowest BCUT2D eigenvalue weighted by molar-refractivity contribution is -0.185. The molecule has 1 aromatic rings. The Balaban J connectivity index is 1.85. The molecule has 0 aliphatic carbocycles. The highest BCUT2D eigenvalue weighted by Gasteiger charge is 2.40. The fourth-order valence-electron chi connectivity index (χ4n) is 2.21. The maximum absolute atomic E-state index is 12.5. The molecule has 2 heterocycles. The predicted molar refractivity (Wildman–Crippen MR) is 65.6 cm³/mol. The molecular weight excluding hydrogens is 257 g/mol. The van der Waals surface area contributed by atoms with Crippen LogP contribution < -0.4 is 5.32 Å². The number of nitrogens with zero attached hydrogens (tertiary/aromatic N) is 3. The quantitative estimate of drug-likeness (QED) is 0.918. The van der Waals surface area contributed by atoms with Crippen LogP contribution in [0.15, 0.2) is 12.4 Å². The average Bonchev–Trinajstić information content (AvgIpc) is 2.39. The van der Waals surface area contributed by atoms with Gasteiger partial charge in [0.25, 0.3) is 0 Å². The molecule has 2 rings (SSSR count). The Kier molecular flexibility index (Phi) is 4.24. The minimum Gasteiger partial charge on any atom is -0.372 e. The Morgan fingerprint density at radius 2 is 1.95 bits per heavy atom. The van der Waals surface area contributed by atoms with Crippen LogP contribution in [0.2, 0.25) is 0 Å². The van der Waals surface area contributed by atoms with Crippen LogP contribution in [0.3, 0.4) is 0 Å². The SMILES string of the molecule is CNc1cnc(CN2CCC(C(F)(F)F)CC2)cn1. The largest absolute Gasteiger partial charge is 0.391 e. The number of hydrogen-bond donors (Lipinski definition) is 1. The van der Waals surface area contributed by atoms with E-state index in [1.54, 1.807) is 19.4 Å². The molecule has 0 aromatic carbocycles. The third-order valence-electron chi connectivity index (χ3n) is 3.40. The molecule has 0 bridgehead atoms. The number of piperidine rings is 1. The molecule has 7 heteroatoms. The molecule has 1 fully saturated rings. The highest BCUT2D eigenvalue weighted by Crippen LogP contribution is 2.34. The van der Waals surface area contributed by atoms with Crippen molar-refractivity contribution in [2.24, 2.45) is 5.92 Å². The van der Waals surface area contributed by atoms with Crippen molar-refractivity contribution in [3.05, 3.63) is 18.1 Å². The molecule has 0 atom stereocenters. The Labute approximate surface area is 110 Å². The molecule has 0 amide bonds. The summed E-state index contributed by atoms with van der Waals surface area (Å²) in [5.74, 6) is -0.471. The van der Waals surface area contributed by atoms with Gasteiger partial charge in [-0.1, -0.05) is 0 Å². The summed E-state index contributed by atoms with van der Waals surface area (Å²) < 4.78 is 37.6. The highest BCUT2D eigenvalue weighted by molar-refractivity contribution is 5.29. The van der Waals surface area contributed by atoms with E-state index in [2.05, 4.69) is 15.3 Å². The van der Waals surface area contributed by atoms with Gasteiger partial charge in [-0.05, 0) is 25.9 Å². The monoisotopic (exact) mass is 274 g/mol. The first-order chi connectivity index (χ1) is 8.99. The Bertz CT molecular complexity index is 396. The van der Waals surface area contributed by atoms with Crippen LogP contribution in [0.25, 0.3) is 0 Å². The molecule has 4 nitrogen and oxygen atoms in total. The Morgan fingerprint density at radius 3 is 2.42 bits per heavy atom. The van der Waals surface area contributed by atoms with Gasteiger partial charge in [0.1, 0.15) is 5.82 Å². The number of halogens is 3. The standard InChI is InChI=1S/C12H17F3N4/c1-16-11-7-17-10(6-18-11)8-19-4-2-9(3-5-19)12(13,14)15/h6-7,9H,2-5,8H2,1H3,(H,16,18). The summed E-state index contributed by atoms with van der Waals surface area (Å²) in [6, 6.07) is 0. The summed E-state index contributed by atoms with van der Waals surface area (Å²) >= 11 is 0. The highest BCUT2D eigenvalue weighted by atomic mass is 19.4. The van der Waals surface area contributed by atoms with Crippen molar-refractivity contribution in [2.75, 3.05) is 25.5 Å². The van der Waals surface area contributed by atoms with Crippen LogP contribution in [0.4, 0.5) is 19.0 Å². The molecule has 1 aliphatic rings. The first-order valence-electron chi connectivity index (χ1n) is 6.27. The Morgan fingerprint density at radius 1 is 1.26 bits per heavy atom. The molecule has 1 aliphatic heterocycles. The molecule has 0 saturated carbocycles. The van der Waals surface area contributed by atoms with Gasteiger partial charge in [-0.3, -0.25) is 9.88 Å². The maximum Gasteiger partial charge on any atom is 0.391 e. The van der Waals surface area contributed by atoms with Gasteiger partial charge >= 0.3 is 6.18 Å². The molecule has 19 heavy (non-hydrogen) atoms. The molecule has 0 spiro atoms. The van der Waals surface area contributed by atoms with E-state index in [1.165, 1.54) is 0 Å².